The first kappa shape index (κ1) is 16.8. The lowest BCUT2D eigenvalue weighted by molar-refractivity contribution is -0.119. The van der Waals surface area contributed by atoms with E-state index in [0.29, 0.717) is 13.1 Å². The molecule has 1 aliphatic rings. The number of benzene rings is 1. The predicted octanol–water partition coefficient (Wildman–Crippen LogP) is 0.873. The summed E-state index contributed by atoms with van der Waals surface area (Å²) in [4.78, 5) is 14.0. The van der Waals surface area contributed by atoms with Gasteiger partial charge in [-0.15, -0.1) is 0 Å². The smallest absolute Gasteiger partial charge is 0.240 e. The fourth-order valence-corrected chi connectivity index (χ4v) is 3.58. The molecule has 1 aromatic carbocycles. The highest BCUT2D eigenvalue weighted by Crippen LogP contribution is 2.30. The SMILES string of the molecule is CCCNC(=O)CN1CCc2ccc(S(=O)(=O)NCC)cc21. The molecule has 0 spiro atoms. The molecule has 1 aromatic rings. The van der Waals surface area contributed by atoms with E-state index >= 15 is 0 Å². The third kappa shape index (κ3) is 3.78. The van der Waals surface area contributed by atoms with Gasteiger partial charge in [-0.05, 0) is 30.5 Å². The van der Waals surface area contributed by atoms with Crippen LogP contribution in [0.2, 0.25) is 0 Å². The summed E-state index contributed by atoms with van der Waals surface area (Å²) in [6.07, 6.45) is 1.73. The largest absolute Gasteiger partial charge is 0.362 e. The zero-order valence-electron chi connectivity index (χ0n) is 13.1. The summed E-state index contributed by atoms with van der Waals surface area (Å²) in [5.41, 5.74) is 1.92. The van der Waals surface area contributed by atoms with Gasteiger partial charge in [-0.1, -0.05) is 19.9 Å². The number of sulfonamides is 1. The Hall–Kier alpha value is -1.60. The van der Waals surface area contributed by atoms with Gasteiger partial charge in [0.1, 0.15) is 0 Å². The predicted molar refractivity (Wildman–Crippen MR) is 86.5 cm³/mol. The van der Waals surface area contributed by atoms with Crippen molar-refractivity contribution < 1.29 is 13.2 Å². The Morgan fingerprint density at radius 3 is 2.77 bits per heavy atom. The number of rotatable bonds is 7. The lowest BCUT2D eigenvalue weighted by Crippen LogP contribution is -2.36. The van der Waals surface area contributed by atoms with Gasteiger partial charge in [0.25, 0.3) is 0 Å². The maximum atomic E-state index is 12.1. The van der Waals surface area contributed by atoms with Crippen molar-refractivity contribution >= 4 is 21.6 Å². The van der Waals surface area contributed by atoms with Gasteiger partial charge in [0.15, 0.2) is 0 Å². The molecule has 2 rings (SSSR count). The number of anilines is 1. The van der Waals surface area contributed by atoms with Crippen molar-refractivity contribution in [1.29, 1.82) is 0 Å². The highest BCUT2D eigenvalue weighted by Gasteiger charge is 2.23. The van der Waals surface area contributed by atoms with Crippen molar-refractivity contribution in [1.82, 2.24) is 10.0 Å². The molecule has 0 saturated heterocycles. The van der Waals surface area contributed by atoms with Crippen LogP contribution in [0.4, 0.5) is 5.69 Å². The molecule has 2 N–H and O–H groups in total. The monoisotopic (exact) mass is 325 g/mol. The van der Waals surface area contributed by atoms with E-state index in [9.17, 15) is 13.2 Å². The second kappa shape index (κ2) is 7.11. The average Bonchev–Trinajstić information content (AvgIpc) is 2.87. The van der Waals surface area contributed by atoms with Crippen molar-refractivity contribution in [3.63, 3.8) is 0 Å². The van der Waals surface area contributed by atoms with Crippen molar-refractivity contribution in [2.75, 3.05) is 31.1 Å². The summed E-state index contributed by atoms with van der Waals surface area (Å²) in [6, 6.07) is 5.12. The Kier molecular flexibility index (Phi) is 5.42. The van der Waals surface area contributed by atoms with Crippen LogP contribution in [0.1, 0.15) is 25.8 Å². The lowest BCUT2D eigenvalue weighted by atomic mass is 10.2. The van der Waals surface area contributed by atoms with Gasteiger partial charge in [0, 0.05) is 25.3 Å². The number of hydrogen-bond acceptors (Lipinski definition) is 4. The van der Waals surface area contributed by atoms with Gasteiger partial charge in [0.2, 0.25) is 15.9 Å². The van der Waals surface area contributed by atoms with Crippen LogP contribution in [0.25, 0.3) is 0 Å². The van der Waals surface area contributed by atoms with Gasteiger partial charge >= 0.3 is 0 Å². The highest BCUT2D eigenvalue weighted by molar-refractivity contribution is 7.89. The standard InChI is InChI=1S/C15H23N3O3S/c1-3-8-16-15(19)11-18-9-7-12-5-6-13(10-14(12)18)22(20,21)17-4-2/h5-6,10,17H,3-4,7-9,11H2,1-2H3,(H,16,19). The minimum Gasteiger partial charge on any atom is -0.362 e. The molecule has 22 heavy (non-hydrogen) atoms. The lowest BCUT2D eigenvalue weighted by Gasteiger charge is -2.19. The Morgan fingerprint density at radius 2 is 2.09 bits per heavy atom. The number of amides is 1. The summed E-state index contributed by atoms with van der Waals surface area (Å²) >= 11 is 0. The maximum Gasteiger partial charge on any atom is 0.240 e. The summed E-state index contributed by atoms with van der Waals surface area (Å²) in [6.45, 7) is 5.76. The van der Waals surface area contributed by atoms with Crippen LogP contribution in [0.5, 0.6) is 0 Å². The van der Waals surface area contributed by atoms with Crippen LogP contribution >= 0.6 is 0 Å². The van der Waals surface area contributed by atoms with E-state index in [1.54, 1.807) is 19.1 Å². The van der Waals surface area contributed by atoms with Gasteiger partial charge in [0.05, 0.1) is 11.4 Å². The van der Waals surface area contributed by atoms with Crippen LogP contribution in [0, 0.1) is 0 Å². The van der Waals surface area contributed by atoms with Crippen molar-refractivity contribution in [3.8, 4) is 0 Å². The van der Waals surface area contributed by atoms with E-state index in [-0.39, 0.29) is 17.3 Å². The highest BCUT2D eigenvalue weighted by atomic mass is 32.2. The number of nitrogens with zero attached hydrogens (tertiary/aromatic N) is 1. The molecule has 0 radical (unpaired) electrons. The van der Waals surface area contributed by atoms with E-state index in [1.165, 1.54) is 0 Å². The minimum absolute atomic E-state index is 0.0327. The van der Waals surface area contributed by atoms with Gasteiger partial charge in [-0.2, -0.15) is 0 Å². The quantitative estimate of drug-likeness (QED) is 0.780. The molecule has 122 valence electrons. The number of fused-ring (bicyclic) bond motifs is 1. The van der Waals surface area contributed by atoms with Crippen LogP contribution < -0.4 is 14.9 Å². The average molecular weight is 325 g/mol. The zero-order valence-corrected chi connectivity index (χ0v) is 13.9. The topological polar surface area (TPSA) is 78.5 Å². The first-order valence-corrected chi connectivity index (χ1v) is 9.10. The summed E-state index contributed by atoms with van der Waals surface area (Å²) in [5, 5.41) is 2.84. The number of carbonyl (C=O) groups is 1. The van der Waals surface area contributed by atoms with Gasteiger partial charge in [-0.25, -0.2) is 13.1 Å². The van der Waals surface area contributed by atoms with Gasteiger partial charge in [-0.3, -0.25) is 4.79 Å². The normalized spacial score (nSPS) is 14.0. The molecule has 7 heteroatoms. The summed E-state index contributed by atoms with van der Waals surface area (Å²) in [5.74, 6) is -0.0327. The Labute approximate surface area is 131 Å². The van der Waals surface area contributed by atoms with Crippen molar-refractivity contribution in [2.45, 2.75) is 31.6 Å². The summed E-state index contributed by atoms with van der Waals surface area (Å²) < 4.78 is 26.7. The van der Waals surface area contributed by atoms with E-state index in [2.05, 4.69) is 10.0 Å². The van der Waals surface area contributed by atoms with E-state index in [1.807, 2.05) is 17.9 Å². The third-order valence-electron chi connectivity index (χ3n) is 3.60. The molecule has 1 amide bonds. The van der Waals surface area contributed by atoms with Gasteiger partial charge < -0.3 is 10.2 Å². The number of carbonyl (C=O) groups excluding carboxylic acids is 1. The summed E-state index contributed by atoms with van der Waals surface area (Å²) in [7, 11) is -3.48. The molecule has 6 nitrogen and oxygen atoms in total. The Bertz CT molecular complexity index is 643. The molecular weight excluding hydrogens is 302 g/mol. The molecule has 0 bridgehead atoms. The fourth-order valence-electron chi connectivity index (χ4n) is 2.52. The number of hydrogen-bond donors (Lipinski definition) is 2. The first-order valence-electron chi connectivity index (χ1n) is 7.62. The molecule has 0 aliphatic carbocycles. The van der Waals surface area contributed by atoms with Crippen LogP contribution in [0.3, 0.4) is 0 Å². The fraction of sp³-hybridized carbons (Fsp3) is 0.533. The van der Waals surface area contributed by atoms with Crippen molar-refractivity contribution in [3.05, 3.63) is 23.8 Å². The molecule has 0 atom stereocenters. The molecular formula is C15H23N3O3S. The Morgan fingerprint density at radius 1 is 1.32 bits per heavy atom. The maximum absolute atomic E-state index is 12.1. The molecule has 0 aromatic heterocycles. The molecule has 0 saturated carbocycles. The van der Waals surface area contributed by atoms with Crippen molar-refractivity contribution in [2.24, 2.45) is 0 Å². The second-order valence-corrected chi connectivity index (χ2v) is 7.08. The minimum atomic E-state index is -3.48. The van der Waals surface area contributed by atoms with Crippen LogP contribution in [-0.2, 0) is 21.2 Å². The van der Waals surface area contributed by atoms with E-state index in [0.717, 1.165) is 30.6 Å². The number of nitrogens with one attached hydrogen (secondary N) is 2. The van der Waals surface area contributed by atoms with Crippen LogP contribution in [0.15, 0.2) is 23.1 Å². The Balaban J connectivity index is 2.18. The first-order chi connectivity index (χ1) is 10.5. The second-order valence-electron chi connectivity index (χ2n) is 5.31. The zero-order chi connectivity index (χ0) is 16.2. The molecule has 1 aliphatic heterocycles. The third-order valence-corrected chi connectivity index (χ3v) is 5.14. The molecule has 0 fully saturated rings. The van der Waals surface area contributed by atoms with E-state index < -0.39 is 10.0 Å². The van der Waals surface area contributed by atoms with E-state index in [4.69, 9.17) is 0 Å². The molecule has 0 unspecified atom stereocenters. The van der Waals surface area contributed by atoms with Crippen LogP contribution in [-0.4, -0.2) is 40.5 Å². The molecule has 1 heterocycles.